The van der Waals surface area contributed by atoms with Gasteiger partial charge < -0.3 is 10.4 Å². The third-order valence-electron chi connectivity index (χ3n) is 4.53. The Bertz CT molecular complexity index is 588. The number of hydrogen-bond acceptors (Lipinski definition) is 3. The van der Waals surface area contributed by atoms with Gasteiger partial charge in [0.2, 0.25) is 0 Å². The molecule has 3 nitrogen and oxygen atoms in total. The van der Waals surface area contributed by atoms with E-state index in [-0.39, 0.29) is 12.1 Å². The Balaban J connectivity index is 1.83. The predicted molar refractivity (Wildman–Crippen MR) is 82.8 cm³/mol. The first kappa shape index (κ1) is 13.4. The lowest BCUT2D eigenvalue weighted by Crippen LogP contribution is -2.45. The van der Waals surface area contributed by atoms with Crippen LogP contribution in [0, 0.1) is 5.92 Å². The normalized spacial score (nSPS) is 26.6. The van der Waals surface area contributed by atoms with Gasteiger partial charge >= 0.3 is 0 Å². The zero-order chi connectivity index (χ0) is 14.0. The second-order valence-electron chi connectivity index (χ2n) is 6.14. The number of para-hydroxylation sites is 1. The van der Waals surface area contributed by atoms with Crippen LogP contribution in [0.3, 0.4) is 0 Å². The Morgan fingerprint density at radius 2 is 1.95 bits per heavy atom. The lowest BCUT2D eigenvalue weighted by Gasteiger charge is -2.39. The van der Waals surface area contributed by atoms with E-state index in [0.29, 0.717) is 0 Å². The molecule has 0 unspecified atom stereocenters. The molecule has 20 heavy (non-hydrogen) atoms. The van der Waals surface area contributed by atoms with E-state index in [2.05, 4.69) is 29.4 Å². The number of fused-ring (bicyclic) bond motifs is 1. The van der Waals surface area contributed by atoms with Crippen molar-refractivity contribution in [3.8, 4) is 0 Å². The summed E-state index contributed by atoms with van der Waals surface area (Å²) in [7, 11) is 0. The van der Waals surface area contributed by atoms with Crippen molar-refractivity contribution in [2.24, 2.45) is 5.92 Å². The Morgan fingerprint density at radius 3 is 2.70 bits per heavy atom. The van der Waals surface area contributed by atoms with Crippen molar-refractivity contribution in [2.45, 2.75) is 38.1 Å². The summed E-state index contributed by atoms with van der Waals surface area (Å²) in [6.07, 6.45) is 4.36. The first-order chi connectivity index (χ1) is 9.71. The van der Waals surface area contributed by atoms with Crippen molar-refractivity contribution < 1.29 is 5.11 Å². The molecular weight excluding hydrogens is 248 g/mol. The van der Waals surface area contributed by atoms with Gasteiger partial charge in [-0.15, -0.1) is 0 Å². The fourth-order valence-corrected chi connectivity index (χ4v) is 3.04. The Hall–Kier alpha value is -1.61. The van der Waals surface area contributed by atoms with Gasteiger partial charge in [0.05, 0.1) is 17.7 Å². The third kappa shape index (κ3) is 2.63. The van der Waals surface area contributed by atoms with Crippen LogP contribution in [0.25, 0.3) is 10.9 Å². The molecule has 1 saturated carbocycles. The van der Waals surface area contributed by atoms with Crippen LogP contribution in [-0.4, -0.2) is 22.2 Å². The third-order valence-corrected chi connectivity index (χ3v) is 4.53. The molecule has 2 N–H and O–H groups in total. The molecule has 0 atom stereocenters. The average molecular weight is 270 g/mol. The van der Waals surface area contributed by atoms with Crippen molar-refractivity contribution >= 4 is 16.7 Å². The van der Waals surface area contributed by atoms with Gasteiger partial charge in [-0.1, -0.05) is 25.1 Å². The fourth-order valence-electron chi connectivity index (χ4n) is 3.04. The lowest BCUT2D eigenvalue weighted by atomic mass is 9.77. The van der Waals surface area contributed by atoms with Gasteiger partial charge in [0.15, 0.2) is 0 Å². The van der Waals surface area contributed by atoms with Gasteiger partial charge in [-0.05, 0) is 49.8 Å². The summed E-state index contributed by atoms with van der Waals surface area (Å²) in [4.78, 5) is 4.66. The lowest BCUT2D eigenvalue weighted by molar-refractivity contribution is 0.155. The summed E-state index contributed by atoms with van der Waals surface area (Å²) in [5.74, 6) is 1.63. The average Bonchev–Trinajstić information content (AvgIpc) is 2.50. The summed E-state index contributed by atoms with van der Waals surface area (Å²) < 4.78 is 0. The quantitative estimate of drug-likeness (QED) is 0.896. The number of benzene rings is 1. The maximum Gasteiger partial charge on any atom is 0.127 e. The standard InChI is InChI=1S/C17H22N2O/c1-13-8-10-17(12-20,11-9-13)19-16-7-6-14-4-2-3-5-15(14)18-16/h2-7,13,20H,8-12H2,1H3,(H,18,19). The molecule has 0 saturated heterocycles. The smallest absolute Gasteiger partial charge is 0.127 e. The van der Waals surface area contributed by atoms with Crippen LogP contribution >= 0.6 is 0 Å². The molecule has 1 aromatic heterocycles. The number of nitrogens with zero attached hydrogens (tertiary/aromatic N) is 1. The molecule has 1 aliphatic carbocycles. The minimum absolute atomic E-state index is 0.175. The molecule has 1 aliphatic rings. The molecule has 0 bridgehead atoms. The number of nitrogens with one attached hydrogen (secondary N) is 1. The zero-order valence-electron chi connectivity index (χ0n) is 12.0. The van der Waals surface area contributed by atoms with Gasteiger partial charge in [0.1, 0.15) is 5.82 Å². The minimum Gasteiger partial charge on any atom is -0.394 e. The molecule has 1 aromatic carbocycles. The molecule has 3 heteroatoms. The molecule has 2 aromatic rings. The van der Waals surface area contributed by atoms with Crippen LogP contribution in [0.4, 0.5) is 5.82 Å². The molecule has 0 radical (unpaired) electrons. The van der Waals surface area contributed by atoms with Gasteiger partial charge in [0, 0.05) is 5.39 Å². The fraction of sp³-hybridized carbons (Fsp3) is 0.471. The first-order valence-corrected chi connectivity index (χ1v) is 7.46. The molecule has 0 aliphatic heterocycles. The molecule has 3 rings (SSSR count). The second-order valence-corrected chi connectivity index (χ2v) is 6.14. The highest BCUT2D eigenvalue weighted by molar-refractivity contribution is 5.80. The molecular formula is C17H22N2O. The largest absolute Gasteiger partial charge is 0.394 e. The summed E-state index contributed by atoms with van der Waals surface area (Å²) in [6.45, 7) is 2.46. The highest BCUT2D eigenvalue weighted by atomic mass is 16.3. The number of anilines is 1. The van der Waals surface area contributed by atoms with Gasteiger partial charge in [-0.3, -0.25) is 0 Å². The molecule has 106 valence electrons. The van der Waals surface area contributed by atoms with Crippen LogP contribution in [-0.2, 0) is 0 Å². The van der Waals surface area contributed by atoms with E-state index < -0.39 is 0 Å². The van der Waals surface area contributed by atoms with E-state index in [0.717, 1.165) is 35.5 Å². The van der Waals surface area contributed by atoms with Crippen molar-refractivity contribution in [1.29, 1.82) is 0 Å². The monoisotopic (exact) mass is 270 g/mol. The van der Waals surface area contributed by atoms with Gasteiger partial charge in [-0.2, -0.15) is 0 Å². The Morgan fingerprint density at radius 1 is 1.20 bits per heavy atom. The number of aliphatic hydroxyl groups excluding tert-OH is 1. The maximum absolute atomic E-state index is 9.81. The van der Waals surface area contributed by atoms with Crippen molar-refractivity contribution in [2.75, 3.05) is 11.9 Å². The van der Waals surface area contributed by atoms with E-state index in [1.807, 2.05) is 24.3 Å². The van der Waals surface area contributed by atoms with E-state index in [1.165, 1.54) is 12.8 Å². The number of pyridine rings is 1. The highest BCUT2D eigenvalue weighted by Gasteiger charge is 2.33. The maximum atomic E-state index is 9.81. The van der Waals surface area contributed by atoms with Crippen LogP contribution in [0.1, 0.15) is 32.6 Å². The Kier molecular flexibility index (Phi) is 3.62. The second kappa shape index (κ2) is 5.41. The van der Waals surface area contributed by atoms with Gasteiger partial charge in [-0.25, -0.2) is 4.98 Å². The van der Waals surface area contributed by atoms with Crippen LogP contribution in [0.2, 0.25) is 0 Å². The molecule has 0 amide bonds. The first-order valence-electron chi connectivity index (χ1n) is 7.46. The van der Waals surface area contributed by atoms with Crippen LogP contribution in [0.5, 0.6) is 0 Å². The molecule has 0 spiro atoms. The van der Waals surface area contributed by atoms with E-state index in [4.69, 9.17) is 0 Å². The number of aromatic nitrogens is 1. The van der Waals surface area contributed by atoms with Crippen molar-refractivity contribution in [1.82, 2.24) is 4.98 Å². The summed E-state index contributed by atoms with van der Waals surface area (Å²) >= 11 is 0. The number of hydrogen-bond donors (Lipinski definition) is 2. The summed E-state index contributed by atoms with van der Waals surface area (Å²) in [5.41, 5.74) is 0.803. The predicted octanol–water partition coefficient (Wildman–Crippen LogP) is 3.59. The summed E-state index contributed by atoms with van der Waals surface area (Å²) in [6, 6.07) is 12.2. The topological polar surface area (TPSA) is 45.1 Å². The minimum atomic E-state index is -0.192. The highest BCUT2D eigenvalue weighted by Crippen LogP contribution is 2.34. The van der Waals surface area contributed by atoms with Crippen molar-refractivity contribution in [3.63, 3.8) is 0 Å². The van der Waals surface area contributed by atoms with Gasteiger partial charge in [0.25, 0.3) is 0 Å². The molecule has 1 heterocycles. The van der Waals surface area contributed by atoms with Crippen LogP contribution in [0.15, 0.2) is 36.4 Å². The number of rotatable bonds is 3. The van der Waals surface area contributed by atoms with Crippen LogP contribution < -0.4 is 5.32 Å². The van der Waals surface area contributed by atoms with E-state index in [9.17, 15) is 5.11 Å². The van der Waals surface area contributed by atoms with Crippen molar-refractivity contribution in [3.05, 3.63) is 36.4 Å². The van der Waals surface area contributed by atoms with E-state index in [1.54, 1.807) is 0 Å². The summed E-state index contributed by atoms with van der Waals surface area (Å²) in [5, 5.41) is 14.5. The zero-order valence-corrected chi connectivity index (χ0v) is 12.0. The molecule has 1 fully saturated rings. The Labute approximate surface area is 120 Å². The van der Waals surface area contributed by atoms with E-state index >= 15 is 0 Å². The number of aliphatic hydroxyl groups is 1. The SMILES string of the molecule is CC1CCC(CO)(Nc2ccc3ccccc3n2)CC1.